The molecule has 0 unspecified atom stereocenters. The van der Waals surface area contributed by atoms with Crippen LogP contribution in [-0.4, -0.2) is 26.2 Å². The van der Waals surface area contributed by atoms with Crippen LogP contribution >= 0.6 is 0 Å². The summed E-state index contributed by atoms with van der Waals surface area (Å²) in [6, 6.07) is 9.34. The predicted octanol–water partition coefficient (Wildman–Crippen LogP) is 3.59. The molecule has 2 N–H and O–H groups in total. The first kappa shape index (κ1) is 14.6. The van der Waals surface area contributed by atoms with E-state index in [1.165, 1.54) is 6.20 Å². The standard InChI is InChI=1S/C17H14N4O2/c1-11-6-7-18-16(20-11)5-3-12-2-4-15-13(8-12)9-14(10-19-15)21-17(22)23/h2-10,21H,1H3,(H,22,23). The van der Waals surface area contributed by atoms with Crippen LogP contribution in [0.2, 0.25) is 0 Å². The molecule has 2 heterocycles. The molecule has 0 spiro atoms. The molecule has 0 atom stereocenters. The number of amides is 1. The highest BCUT2D eigenvalue weighted by Crippen LogP contribution is 2.19. The van der Waals surface area contributed by atoms with Crippen LogP contribution in [0.4, 0.5) is 10.5 Å². The second-order valence-electron chi connectivity index (χ2n) is 5.00. The molecule has 0 aliphatic heterocycles. The normalized spacial score (nSPS) is 11.0. The van der Waals surface area contributed by atoms with Gasteiger partial charge < -0.3 is 5.11 Å². The summed E-state index contributed by atoms with van der Waals surface area (Å²) >= 11 is 0. The van der Waals surface area contributed by atoms with Crippen molar-refractivity contribution in [3.63, 3.8) is 0 Å². The Morgan fingerprint density at radius 2 is 2.04 bits per heavy atom. The van der Waals surface area contributed by atoms with E-state index < -0.39 is 6.09 Å². The monoisotopic (exact) mass is 306 g/mol. The summed E-state index contributed by atoms with van der Waals surface area (Å²) in [6.45, 7) is 1.91. The molecule has 0 aliphatic rings. The van der Waals surface area contributed by atoms with Gasteiger partial charge in [0.1, 0.15) is 0 Å². The number of nitrogens with one attached hydrogen (secondary N) is 1. The van der Waals surface area contributed by atoms with Gasteiger partial charge in [-0.05, 0) is 42.8 Å². The number of anilines is 1. The van der Waals surface area contributed by atoms with Crippen molar-refractivity contribution in [1.82, 2.24) is 15.0 Å². The fourth-order valence-electron chi connectivity index (χ4n) is 2.16. The van der Waals surface area contributed by atoms with Gasteiger partial charge in [0, 0.05) is 17.3 Å². The van der Waals surface area contributed by atoms with Crippen LogP contribution in [0.1, 0.15) is 17.1 Å². The summed E-state index contributed by atoms with van der Waals surface area (Å²) in [5.74, 6) is 0.643. The smallest absolute Gasteiger partial charge is 0.409 e. The lowest BCUT2D eigenvalue weighted by molar-refractivity contribution is 0.209. The average molecular weight is 306 g/mol. The molecular formula is C17H14N4O2. The molecule has 2 aromatic heterocycles. The molecule has 3 rings (SSSR count). The van der Waals surface area contributed by atoms with E-state index in [1.807, 2.05) is 43.3 Å². The van der Waals surface area contributed by atoms with Crippen LogP contribution in [0.15, 0.2) is 42.7 Å². The van der Waals surface area contributed by atoms with Gasteiger partial charge in [-0.15, -0.1) is 0 Å². The number of aromatic nitrogens is 3. The third-order valence-corrected chi connectivity index (χ3v) is 3.19. The summed E-state index contributed by atoms with van der Waals surface area (Å²) < 4.78 is 0. The number of aryl methyl sites for hydroxylation is 1. The molecule has 0 saturated heterocycles. The molecular weight excluding hydrogens is 292 g/mol. The first-order chi connectivity index (χ1) is 11.1. The van der Waals surface area contributed by atoms with Gasteiger partial charge in [0.25, 0.3) is 0 Å². The third-order valence-electron chi connectivity index (χ3n) is 3.19. The summed E-state index contributed by atoms with van der Waals surface area (Å²) in [6.07, 6.45) is 5.84. The number of benzene rings is 1. The second kappa shape index (κ2) is 6.23. The van der Waals surface area contributed by atoms with Crippen molar-refractivity contribution in [3.8, 4) is 0 Å². The molecule has 0 fully saturated rings. The van der Waals surface area contributed by atoms with Gasteiger partial charge >= 0.3 is 6.09 Å². The molecule has 114 valence electrons. The molecule has 0 bridgehead atoms. The van der Waals surface area contributed by atoms with Gasteiger partial charge in [-0.2, -0.15) is 0 Å². The lowest BCUT2D eigenvalue weighted by Gasteiger charge is -2.03. The van der Waals surface area contributed by atoms with Crippen molar-refractivity contribution in [2.24, 2.45) is 0 Å². The zero-order valence-electron chi connectivity index (χ0n) is 12.4. The zero-order chi connectivity index (χ0) is 16.2. The number of hydrogen-bond donors (Lipinski definition) is 2. The van der Waals surface area contributed by atoms with Crippen LogP contribution in [0.5, 0.6) is 0 Å². The fraction of sp³-hybridized carbons (Fsp3) is 0.0588. The second-order valence-corrected chi connectivity index (χ2v) is 5.00. The van der Waals surface area contributed by atoms with Crippen LogP contribution in [0.25, 0.3) is 23.1 Å². The van der Waals surface area contributed by atoms with Gasteiger partial charge in [-0.3, -0.25) is 10.3 Å². The number of nitrogens with zero attached hydrogens (tertiary/aromatic N) is 3. The van der Waals surface area contributed by atoms with E-state index in [4.69, 9.17) is 5.11 Å². The number of pyridine rings is 1. The summed E-state index contributed by atoms with van der Waals surface area (Å²) in [7, 11) is 0. The van der Waals surface area contributed by atoms with Gasteiger partial charge in [0.05, 0.1) is 17.4 Å². The minimum atomic E-state index is -1.11. The maximum atomic E-state index is 10.7. The summed E-state index contributed by atoms with van der Waals surface area (Å²) in [5, 5.41) is 11.9. The molecule has 0 radical (unpaired) electrons. The van der Waals surface area contributed by atoms with Gasteiger partial charge in [0.15, 0.2) is 5.82 Å². The quantitative estimate of drug-likeness (QED) is 0.772. The minimum absolute atomic E-state index is 0.438. The van der Waals surface area contributed by atoms with Crippen LogP contribution in [0, 0.1) is 6.92 Å². The van der Waals surface area contributed by atoms with Crippen LogP contribution in [-0.2, 0) is 0 Å². The molecule has 0 aliphatic carbocycles. The number of carbonyl (C=O) groups is 1. The number of fused-ring (bicyclic) bond motifs is 1. The van der Waals surface area contributed by atoms with Crippen molar-refractivity contribution in [3.05, 3.63) is 59.8 Å². The van der Waals surface area contributed by atoms with Crippen molar-refractivity contribution in [2.75, 3.05) is 5.32 Å². The number of rotatable bonds is 3. The SMILES string of the molecule is Cc1ccnc(C=Cc2ccc3ncc(NC(=O)O)cc3c2)n1. The van der Waals surface area contributed by atoms with Gasteiger partial charge in [-0.25, -0.2) is 14.8 Å². The highest BCUT2D eigenvalue weighted by atomic mass is 16.4. The average Bonchev–Trinajstić information content (AvgIpc) is 2.52. The molecule has 1 aromatic carbocycles. The van der Waals surface area contributed by atoms with Gasteiger partial charge in [-0.1, -0.05) is 12.1 Å². The van der Waals surface area contributed by atoms with Crippen molar-refractivity contribution in [1.29, 1.82) is 0 Å². The van der Waals surface area contributed by atoms with E-state index in [0.29, 0.717) is 11.5 Å². The predicted molar refractivity (Wildman–Crippen MR) is 89.1 cm³/mol. The van der Waals surface area contributed by atoms with E-state index in [0.717, 1.165) is 22.2 Å². The molecule has 6 nitrogen and oxygen atoms in total. The number of carboxylic acid groups (broad SMARTS) is 1. The van der Waals surface area contributed by atoms with Crippen molar-refractivity contribution >= 4 is 34.8 Å². The van der Waals surface area contributed by atoms with E-state index in [1.54, 1.807) is 12.3 Å². The Labute approximate surface area is 132 Å². The minimum Gasteiger partial charge on any atom is -0.465 e. The highest BCUT2D eigenvalue weighted by molar-refractivity contribution is 5.89. The Balaban J connectivity index is 1.90. The Hall–Kier alpha value is -3.28. The first-order valence-electron chi connectivity index (χ1n) is 6.98. The highest BCUT2D eigenvalue weighted by Gasteiger charge is 2.01. The van der Waals surface area contributed by atoms with Crippen LogP contribution in [0.3, 0.4) is 0 Å². The Kier molecular flexibility index (Phi) is 3.97. The van der Waals surface area contributed by atoms with E-state index in [-0.39, 0.29) is 0 Å². The summed E-state index contributed by atoms with van der Waals surface area (Å²) in [5.41, 5.74) is 3.10. The fourth-order valence-corrected chi connectivity index (χ4v) is 2.16. The first-order valence-corrected chi connectivity index (χ1v) is 6.98. The lowest BCUT2D eigenvalue weighted by Crippen LogP contribution is -2.07. The molecule has 0 saturated carbocycles. The Bertz CT molecular complexity index is 906. The zero-order valence-corrected chi connectivity index (χ0v) is 12.4. The van der Waals surface area contributed by atoms with E-state index >= 15 is 0 Å². The molecule has 1 amide bonds. The lowest BCUT2D eigenvalue weighted by atomic mass is 10.1. The van der Waals surface area contributed by atoms with Crippen LogP contribution < -0.4 is 5.32 Å². The Morgan fingerprint density at radius 3 is 2.83 bits per heavy atom. The maximum absolute atomic E-state index is 10.7. The number of hydrogen-bond acceptors (Lipinski definition) is 4. The van der Waals surface area contributed by atoms with Crippen molar-refractivity contribution in [2.45, 2.75) is 6.92 Å². The van der Waals surface area contributed by atoms with E-state index in [2.05, 4.69) is 20.3 Å². The van der Waals surface area contributed by atoms with E-state index in [9.17, 15) is 4.79 Å². The third kappa shape index (κ3) is 3.68. The molecule has 3 aromatic rings. The molecule has 6 heteroatoms. The topological polar surface area (TPSA) is 88.0 Å². The summed E-state index contributed by atoms with van der Waals surface area (Å²) in [4.78, 5) is 23.4. The Morgan fingerprint density at radius 1 is 1.17 bits per heavy atom. The largest absolute Gasteiger partial charge is 0.465 e. The maximum Gasteiger partial charge on any atom is 0.409 e. The van der Waals surface area contributed by atoms with Gasteiger partial charge in [0.2, 0.25) is 0 Å². The van der Waals surface area contributed by atoms with Crippen molar-refractivity contribution < 1.29 is 9.90 Å². The molecule has 23 heavy (non-hydrogen) atoms.